The topological polar surface area (TPSA) is 34.1 Å². The predicted molar refractivity (Wildman–Crippen MR) is 78.2 cm³/mol. The maximum Gasteiger partial charge on any atom is 0.0576 e. The summed E-state index contributed by atoms with van der Waals surface area (Å²) in [6.45, 7) is 6.23. The Kier molecular flexibility index (Phi) is 5.80. The van der Waals surface area contributed by atoms with Gasteiger partial charge >= 0.3 is 0 Å². The molecule has 0 bridgehead atoms. The SMILES string of the molecule is CCNC(CCCC1CCCO1)c1cncc(C)c1. The molecule has 1 aromatic rings. The minimum absolute atomic E-state index is 0.429. The highest BCUT2D eigenvalue weighted by atomic mass is 16.5. The van der Waals surface area contributed by atoms with Crippen molar-refractivity contribution in [3.63, 3.8) is 0 Å². The standard InChI is InChI=1S/C16H26N2O/c1-3-18-16(14-10-13(2)11-17-12-14)8-4-6-15-7-5-9-19-15/h10-12,15-16,18H,3-9H2,1-2H3. The number of ether oxygens (including phenoxy) is 1. The largest absolute Gasteiger partial charge is 0.378 e. The Morgan fingerprint density at radius 2 is 2.37 bits per heavy atom. The lowest BCUT2D eigenvalue weighted by atomic mass is 9.99. The molecular formula is C16H26N2O. The monoisotopic (exact) mass is 262 g/mol. The zero-order chi connectivity index (χ0) is 13.5. The van der Waals surface area contributed by atoms with Crippen molar-refractivity contribution in [1.29, 1.82) is 0 Å². The van der Waals surface area contributed by atoms with Gasteiger partial charge < -0.3 is 10.1 Å². The number of aryl methyl sites for hydroxylation is 1. The number of hydrogen-bond acceptors (Lipinski definition) is 3. The summed E-state index contributed by atoms with van der Waals surface area (Å²) in [5.74, 6) is 0. The zero-order valence-corrected chi connectivity index (χ0v) is 12.2. The first-order valence-corrected chi connectivity index (χ1v) is 7.56. The summed E-state index contributed by atoms with van der Waals surface area (Å²) in [6, 6.07) is 2.67. The molecule has 0 aliphatic carbocycles. The van der Waals surface area contributed by atoms with Crippen molar-refractivity contribution < 1.29 is 4.74 Å². The Morgan fingerprint density at radius 1 is 1.47 bits per heavy atom. The summed E-state index contributed by atoms with van der Waals surface area (Å²) in [5, 5.41) is 3.57. The van der Waals surface area contributed by atoms with Crippen LogP contribution in [0.3, 0.4) is 0 Å². The van der Waals surface area contributed by atoms with E-state index in [0.717, 1.165) is 13.2 Å². The van der Waals surface area contributed by atoms with Gasteiger partial charge in [0.25, 0.3) is 0 Å². The van der Waals surface area contributed by atoms with Crippen LogP contribution >= 0.6 is 0 Å². The lowest BCUT2D eigenvalue weighted by Gasteiger charge is -2.19. The van der Waals surface area contributed by atoms with Gasteiger partial charge in [0.15, 0.2) is 0 Å². The first-order chi connectivity index (χ1) is 9.29. The molecule has 1 N–H and O–H groups in total. The molecule has 3 heteroatoms. The molecule has 1 aliphatic rings. The van der Waals surface area contributed by atoms with Crippen LogP contribution in [-0.2, 0) is 4.74 Å². The third-order valence-electron chi connectivity index (χ3n) is 3.79. The highest BCUT2D eigenvalue weighted by Gasteiger charge is 2.16. The molecule has 0 saturated carbocycles. The first-order valence-electron chi connectivity index (χ1n) is 7.56. The number of aromatic nitrogens is 1. The average Bonchev–Trinajstić information content (AvgIpc) is 2.91. The van der Waals surface area contributed by atoms with Gasteiger partial charge in [-0.2, -0.15) is 0 Å². The molecule has 0 spiro atoms. The van der Waals surface area contributed by atoms with E-state index in [1.165, 1.54) is 43.2 Å². The summed E-state index contributed by atoms with van der Waals surface area (Å²) >= 11 is 0. The summed E-state index contributed by atoms with van der Waals surface area (Å²) in [4.78, 5) is 4.31. The highest BCUT2D eigenvalue weighted by Crippen LogP contribution is 2.23. The first kappa shape index (κ1) is 14.5. The van der Waals surface area contributed by atoms with Gasteiger partial charge in [0.05, 0.1) is 6.10 Å². The molecule has 2 unspecified atom stereocenters. The van der Waals surface area contributed by atoms with Gasteiger partial charge in [-0.05, 0) is 56.7 Å². The van der Waals surface area contributed by atoms with E-state index in [9.17, 15) is 0 Å². The van der Waals surface area contributed by atoms with Gasteiger partial charge in [0.1, 0.15) is 0 Å². The van der Waals surface area contributed by atoms with Crippen LogP contribution in [0.25, 0.3) is 0 Å². The molecule has 2 heterocycles. The van der Waals surface area contributed by atoms with Crippen molar-refractivity contribution in [2.45, 2.75) is 58.1 Å². The molecule has 1 fully saturated rings. The third-order valence-corrected chi connectivity index (χ3v) is 3.79. The number of rotatable bonds is 7. The molecule has 0 amide bonds. The van der Waals surface area contributed by atoms with Crippen molar-refractivity contribution in [2.75, 3.05) is 13.2 Å². The molecule has 1 saturated heterocycles. The van der Waals surface area contributed by atoms with Crippen LogP contribution < -0.4 is 5.32 Å². The van der Waals surface area contributed by atoms with Gasteiger partial charge in [-0.15, -0.1) is 0 Å². The molecule has 0 aromatic carbocycles. The Labute approximate surface area is 116 Å². The van der Waals surface area contributed by atoms with E-state index in [-0.39, 0.29) is 0 Å². The lowest BCUT2D eigenvalue weighted by molar-refractivity contribution is 0.101. The molecule has 1 aliphatic heterocycles. The van der Waals surface area contributed by atoms with Crippen LogP contribution in [0, 0.1) is 6.92 Å². The fraction of sp³-hybridized carbons (Fsp3) is 0.688. The normalized spacial score (nSPS) is 20.6. The minimum Gasteiger partial charge on any atom is -0.378 e. The number of nitrogens with one attached hydrogen (secondary N) is 1. The van der Waals surface area contributed by atoms with Crippen LogP contribution in [0.1, 0.15) is 56.2 Å². The van der Waals surface area contributed by atoms with Crippen LogP contribution in [0.5, 0.6) is 0 Å². The van der Waals surface area contributed by atoms with E-state index in [2.05, 4.69) is 30.2 Å². The molecule has 2 atom stereocenters. The van der Waals surface area contributed by atoms with Crippen LogP contribution in [0.15, 0.2) is 18.5 Å². The second-order valence-electron chi connectivity index (χ2n) is 5.47. The van der Waals surface area contributed by atoms with E-state index in [0.29, 0.717) is 12.1 Å². The molecular weight excluding hydrogens is 236 g/mol. The zero-order valence-electron chi connectivity index (χ0n) is 12.2. The van der Waals surface area contributed by atoms with Gasteiger partial charge in [0.2, 0.25) is 0 Å². The van der Waals surface area contributed by atoms with Crippen molar-refractivity contribution in [3.05, 3.63) is 29.6 Å². The fourth-order valence-corrected chi connectivity index (χ4v) is 2.82. The van der Waals surface area contributed by atoms with Gasteiger partial charge in [0, 0.05) is 25.0 Å². The van der Waals surface area contributed by atoms with E-state index in [1.54, 1.807) is 0 Å². The second kappa shape index (κ2) is 7.61. The van der Waals surface area contributed by atoms with E-state index < -0.39 is 0 Å². The van der Waals surface area contributed by atoms with E-state index in [1.807, 2.05) is 12.4 Å². The number of pyridine rings is 1. The Balaban J connectivity index is 1.84. The molecule has 106 valence electrons. The lowest BCUT2D eigenvalue weighted by Crippen LogP contribution is -2.21. The maximum absolute atomic E-state index is 5.69. The third kappa shape index (κ3) is 4.59. The van der Waals surface area contributed by atoms with Crippen molar-refractivity contribution in [1.82, 2.24) is 10.3 Å². The minimum atomic E-state index is 0.429. The summed E-state index contributed by atoms with van der Waals surface area (Å²) in [5.41, 5.74) is 2.55. The highest BCUT2D eigenvalue weighted by molar-refractivity contribution is 5.20. The Bertz CT molecular complexity index is 375. The molecule has 1 aromatic heterocycles. The second-order valence-corrected chi connectivity index (χ2v) is 5.47. The molecule has 2 rings (SSSR count). The summed E-state index contributed by atoms with van der Waals surface area (Å²) in [6.07, 6.45) is 10.5. The predicted octanol–water partition coefficient (Wildman–Crippen LogP) is 3.39. The maximum atomic E-state index is 5.69. The molecule has 0 radical (unpaired) electrons. The van der Waals surface area contributed by atoms with Crippen molar-refractivity contribution >= 4 is 0 Å². The number of hydrogen-bond donors (Lipinski definition) is 1. The molecule has 3 nitrogen and oxygen atoms in total. The average molecular weight is 262 g/mol. The van der Waals surface area contributed by atoms with E-state index in [4.69, 9.17) is 4.74 Å². The van der Waals surface area contributed by atoms with E-state index >= 15 is 0 Å². The van der Waals surface area contributed by atoms with Crippen molar-refractivity contribution in [3.8, 4) is 0 Å². The van der Waals surface area contributed by atoms with Crippen molar-refractivity contribution in [2.24, 2.45) is 0 Å². The Morgan fingerprint density at radius 3 is 3.05 bits per heavy atom. The van der Waals surface area contributed by atoms with Crippen LogP contribution in [-0.4, -0.2) is 24.2 Å². The Hall–Kier alpha value is -0.930. The summed E-state index contributed by atoms with van der Waals surface area (Å²) in [7, 11) is 0. The number of nitrogens with zero attached hydrogens (tertiary/aromatic N) is 1. The smallest absolute Gasteiger partial charge is 0.0576 e. The molecule has 19 heavy (non-hydrogen) atoms. The van der Waals surface area contributed by atoms with Crippen LogP contribution in [0.2, 0.25) is 0 Å². The quantitative estimate of drug-likeness (QED) is 0.818. The van der Waals surface area contributed by atoms with Gasteiger partial charge in [-0.25, -0.2) is 0 Å². The van der Waals surface area contributed by atoms with Gasteiger partial charge in [-0.3, -0.25) is 4.98 Å². The van der Waals surface area contributed by atoms with Gasteiger partial charge in [-0.1, -0.05) is 13.0 Å². The fourth-order valence-electron chi connectivity index (χ4n) is 2.82. The van der Waals surface area contributed by atoms with Crippen LogP contribution in [0.4, 0.5) is 0 Å². The summed E-state index contributed by atoms with van der Waals surface area (Å²) < 4.78 is 5.69.